The van der Waals surface area contributed by atoms with E-state index in [4.69, 9.17) is 0 Å². The molecule has 0 atom stereocenters. The fourth-order valence-electron chi connectivity index (χ4n) is 0.655. The number of rotatable bonds is 0. The van der Waals surface area contributed by atoms with Gasteiger partial charge in [-0.15, -0.1) is 0 Å². The third-order valence-corrected chi connectivity index (χ3v) is 1.17. The molecule has 2 rings (SSSR count). The predicted octanol–water partition coefficient (Wildman–Crippen LogP) is 2.57. The van der Waals surface area contributed by atoms with Gasteiger partial charge in [0, 0.05) is 33.5 Å². The van der Waals surface area contributed by atoms with Crippen molar-refractivity contribution in [3.8, 4) is 0 Å². The summed E-state index contributed by atoms with van der Waals surface area (Å²) < 4.78 is 0. The van der Waals surface area contributed by atoms with Crippen LogP contribution < -0.4 is 0 Å². The molecule has 0 unspecified atom stereocenters. The predicted molar refractivity (Wildman–Crippen MR) is 49.5 cm³/mol. The molecule has 0 bridgehead atoms. The summed E-state index contributed by atoms with van der Waals surface area (Å²) in [4.78, 5) is 3.78. The van der Waals surface area contributed by atoms with E-state index >= 15 is 0 Å². The minimum Gasteiger partial charge on any atom is -0.265 e. The molecule has 70 valence electrons. The Bertz CT molecular complexity index is 185. The van der Waals surface area contributed by atoms with Gasteiger partial charge in [0.05, 0.1) is 0 Å². The molecule has 2 aromatic rings. The van der Waals surface area contributed by atoms with Gasteiger partial charge in [-0.25, -0.2) is 0 Å². The first kappa shape index (κ1) is 12.1. The second-order valence-electron chi connectivity index (χ2n) is 2.10. The molecule has 0 N–H and O–H groups in total. The summed E-state index contributed by atoms with van der Waals surface area (Å²) in [6.45, 7) is 0. The van der Waals surface area contributed by atoms with Crippen molar-refractivity contribution >= 4 is 0 Å². The monoisotopic (exact) mass is 351 g/mol. The minimum atomic E-state index is 0. The Kier molecular flexibility index (Phi) is 8.49. The Balaban J connectivity index is 0.000000206. The van der Waals surface area contributed by atoms with Crippen LogP contribution >= 0.6 is 0 Å². The van der Waals surface area contributed by atoms with E-state index in [0.29, 0.717) is 0 Å². The van der Waals surface area contributed by atoms with Gasteiger partial charge in [0.1, 0.15) is 0 Å². The van der Waals surface area contributed by atoms with Crippen LogP contribution in [0.15, 0.2) is 60.9 Å². The van der Waals surface area contributed by atoms with Crippen molar-refractivity contribution in [2.45, 2.75) is 0 Å². The number of pyridine rings is 1. The van der Waals surface area contributed by atoms with E-state index in [0.717, 1.165) is 0 Å². The molecule has 0 radical (unpaired) electrons. The van der Waals surface area contributed by atoms with Crippen LogP contribution in [0.5, 0.6) is 0 Å². The fraction of sp³-hybridized carbons (Fsp3) is 0. The summed E-state index contributed by atoms with van der Waals surface area (Å²) in [5, 5.41) is 0. The van der Waals surface area contributed by atoms with Crippen molar-refractivity contribution in [2.24, 2.45) is 0 Å². The average molecular weight is 351 g/mol. The Hall–Kier alpha value is -0.942. The molecule has 1 aromatic heterocycles. The van der Waals surface area contributed by atoms with Crippen LogP contribution in [0.4, 0.5) is 0 Å². The summed E-state index contributed by atoms with van der Waals surface area (Å²) in [5.74, 6) is 0. The SMILES string of the molecule is [Pt].[c-]1ccccc1.c1ccncc1. The van der Waals surface area contributed by atoms with Crippen molar-refractivity contribution < 1.29 is 21.1 Å². The number of hydrogen-bond acceptors (Lipinski definition) is 1. The van der Waals surface area contributed by atoms with E-state index < -0.39 is 0 Å². The van der Waals surface area contributed by atoms with E-state index in [9.17, 15) is 0 Å². The molecule has 0 amide bonds. The van der Waals surface area contributed by atoms with Crippen molar-refractivity contribution in [3.63, 3.8) is 0 Å². The van der Waals surface area contributed by atoms with Gasteiger partial charge in [-0.2, -0.15) is 36.4 Å². The first-order valence-corrected chi connectivity index (χ1v) is 3.76. The molecule has 13 heavy (non-hydrogen) atoms. The zero-order valence-electron chi connectivity index (χ0n) is 7.04. The van der Waals surface area contributed by atoms with Gasteiger partial charge in [0.15, 0.2) is 0 Å². The molecular weight excluding hydrogens is 341 g/mol. The van der Waals surface area contributed by atoms with Gasteiger partial charge in [0.25, 0.3) is 0 Å². The molecule has 0 aliphatic heterocycles. The maximum absolute atomic E-state index is 3.78. The van der Waals surface area contributed by atoms with Crippen LogP contribution in [0, 0.1) is 6.07 Å². The maximum Gasteiger partial charge on any atom is 0.0267 e. The van der Waals surface area contributed by atoms with Crippen LogP contribution in [0.2, 0.25) is 0 Å². The number of hydrogen-bond donors (Lipinski definition) is 0. The third kappa shape index (κ3) is 7.42. The van der Waals surface area contributed by atoms with Gasteiger partial charge < -0.3 is 0 Å². The molecule has 0 fully saturated rings. The zero-order chi connectivity index (χ0) is 8.49. The Morgan fingerprint density at radius 1 is 0.692 bits per heavy atom. The summed E-state index contributed by atoms with van der Waals surface area (Å²) in [5.41, 5.74) is 0. The molecule has 1 nitrogen and oxygen atoms in total. The smallest absolute Gasteiger partial charge is 0.0267 e. The van der Waals surface area contributed by atoms with E-state index in [1.54, 1.807) is 12.4 Å². The minimum absolute atomic E-state index is 0. The Labute approximate surface area is 93.1 Å². The van der Waals surface area contributed by atoms with Gasteiger partial charge >= 0.3 is 0 Å². The molecule has 0 spiro atoms. The van der Waals surface area contributed by atoms with E-state index in [2.05, 4.69) is 11.1 Å². The fourth-order valence-corrected chi connectivity index (χ4v) is 0.655. The molecule has 2 heteroatoms. The zero-order valence-corrected chi connectivity index (χ0v) is 9.31. The molecule has 0 saturated carbocycles. The average Bonchev–Trinajstić information content (AvgIpc) is 2.24. The second-order valence-corrected chi connectivity index (χ2v) is 2.10. The van der Waals surface area contributed by atoms with Gasteiger partial charge in [0.2, 0.25) is 0 Å². The largest absolute Gasteiger partial charge is 0.265 e. The molecule has 0 aliphatic rings. The van der Waals surface area contributed by atoms with Crippen molar-refractivity contribution in [1.82, 2.24) is 4.98 Å². The van der Waals surface area contributed by atoms with E-state index in [1.807, 2.05) is 48.5 Å². The van der Waals surface area contributed by atoms with Crippen LogP contribution in [0.1, 0.15) is 0 Å². The molecule has 0 aliphatic carbocycles. The Morgan fingerprint density at radius 3 is 1.38 bits per heavy atom. The maximum atomic E-state index is 3.78. The molecule has 1 heterocycles. The number of aromatic nitrogens is 1. The standard InChI is InChI=1S/C6H5.C5H5N.Pt/c2*1-2-4-6-5-3-1;/h2*1-5H;/q-1;;. The number of benzene rings is 1. The summed E-state index contributed by atoms with van der Waals surface area (Å²) >= 11 is 0. The van der Waals surface area contributed by atoms with Crippen molar-refractivity contribution in [3.05, 3.63) is 67.0 Å². The van der Waals surface area contributed by atoms with Crippen LogP contribution in [0.25, 0.3) is 0 Å². The van der Waals surface area contributed by atoms with Crippen molar-refractivity contribution in [1.29, 1.82) is 0 Å². The van der Waals surface area contributed by atoms with Crippen LogP contribution in [-0.4, -0.2) is 4.98 Å². The summed E-state index contributed by atoms with van der Waals surface area (Å²) in [6.07, 6.45) is 3.50. The van der Waals surface area contributed by atoms with E-state index in [-0.39, 0.29) is 21.1 Å². The first-order valence-electron chi connectivity index (χ1n) is 3.76. The molecule has 0 saturated heterocycles. The molecular formula is C11H10NPt-. The van der Waals surface area contributed by atoms with E-state index in [1.165, 1.54) is 0 Å². The second kappa shape index (κ2) is 9.15. The van der Waals surface area contributed by atoms with Crippen molar-refractivity contribution in [2.75, 3.05) is 0 Å². The first-order chi connectivity index (χ1) is 6.00. The quantitative estimate of drug-likeness (QED) is 0.665. The van der Waals surface area contributed by atoms with Gasteiger partial charge in [-0.3, -0.25) is 4.98 Å². The third-order valence-electron chi connectivity index (χ3n) is 1.17. The summed E-state index contributed by atoms with van der Waals surface area (Å²) in [6, 6.07) is 18.2. The molecule has 1 aromatic carbocycles. The number of nitrogens with zero attached hydrogens (tertiary/aromatic N) is 1. The Morgan fingerprint density at radius 2 is 1.23 bits per heavy atom. The van der Waals surface area contributed by atoms with Gasteiger partial charge in [-0.1, -0.05) is 6.07 Å². The van der Waals surface area contributed by atoms with Gasteiger partial charge in [-0.05, 0) is 12.1 Å². The van der Waals surface area contributed by atoms with Crippen LogP contribution in [-0.2, 0) is 21.1 Å². The van der Waals surface area contributed by atoms with Crippen LogP contribution in [0.3, 0.4) is 0 Å². The topological polar surface area (TPSA) is 12.9 Å². The summed E-state index contributed by atoms with van der Waals surface area (Å²) in [7, 11) is 0. The normalized spacial score (nSPS) is 7.38.